The lowest BCUT2D eigenvalue weighted by atomic mass is 10.1. The van der Waals surface area contributed by atoms with Crippen molar-refractivity contribution in [2.24, 2.45) is 0 Å². The van der Waals surface area contributed by atoms with E-state index in [9.17, 15) is 0 Å². The third kappa shape index (κ3) is 3.64. The van der Waals surface area contributed by atoms with Crippen LogP contribution in [0, 0.1) is 6.92 Å². The van der Waals surface area contributed by atoms with Crippen LogP contribution in [0.4, 0.5) is 0 Å². The molecule has 1 unspecified atom stereocenters. The van der Waals surface area contributed by atoms with Crippen molar-refractivity contribution in [3.8, 4) is 10.4 Å². The molecular weight excluding hydrogens is 274 g/mol. The van der Waals surface area contributed by atoms with Crippen LogP contribution in [-0.2, 0) is 0 Å². The molecule has 0 radical (unpaired) electrons. The number of hydrogen-bond donors (Lipinski definition) is 0. The number of rotatable bonds is 6. The second-order valence-corrected chi connectivity index (χ2v) is 6.22. The van der Waals surface area contributed by atoms with Crippen LogP contribution in [-0.4, -0.2) is 4.90 Å². The molecule has 110 valence electrons. The van der Waals surface area contributed by atoms with Gasteiger partial charge in [0.05, 0.1) is 6.04 Å². The lowest BCUT2D eigenvalue weighted by molar-refractivity contribution is 0.370. The topological polar surface area (TPSA) is 3.24 Å². The Balaban J connectivity index is 2.28. The molecular formula is C19H23NS. The molecule has 0 N–H and O–H groups in total. The van der Waals surface area contributed by atoms with Crippen LogP contribution in [0.2, 0.25) is 0 Å². The number of thiophene rings is 1. The maximum absolute atomic E-state index is 3.93. The average Bonchev–Trinajstić information content (AvgIpc) is 2.97. The van der Waals surface area contributed by atoms with Crippen molar-refractivity contribution in [1.82, 2.24) is 4.90 Å². The molecule has 1 aromatic heterocycles. The van der Waals surface area contributed by atoms with Gasteiger partial charge in [0.25, 0.3) is 0 Å². The largest absolute Gasteiger partial charge is 0.347 e. The Labute approximate surface area is 132 Å². The molecule has 0 amide bonds. The molecule has 1 nitrogen and oxygen atoms in total. The first-order valence-corrected chi connectivity index (χ1v) is 8.20. The van der Waals surface area contributed by atoms with E-state index < -0.39 is 0 Å². The average molecular weight is 297 g/mol. The molecule has 0 aliphatic heterocycles. The van der Waals surface area contributed by atoms with E-state index >= 15 is 0 Å². The van der Waals surface area contributed by atoms with Gasteiger partial charge < -0.3 is 4.90 Å². The second-order valence-electron chi connectivity index (χ2n) is 5.10. The van der Waals surface area contributed by atoms with Gasteiger partial charge in [-0.2, -0.15) is 0 Å². The third-order valence-corrected chi connectivity index (χ3v) is 4.81. The summed E-state index contributed by atoms with van der Waals surface area (Å²) >= 11 is 1.87. The summed E-state index contributed by atoms with van der Waals surface area (Å²) in [5.41, 5.74) is 2.59. The lowest BCUT2D eigenvalue weighted by Crippen LogP contribution is -2.15. The molecule has 0 bridgehead atoms. The molecule has 0 fully saturated rings. The molecule has 2 rings (SSSR count). The third-order valence-electron chi connectivity index (χ3n) is 3.57. The molecule has 0 spiro atoms. The summed E-state index contributed by atoms with van der Waals surface area (Å²) in [7, 11) is 0. The lowest BCUT2D eigenvalue weighted by Gasteiger charge is -2.25. The number of aryl methyl sites for hydroxylation is 1. The first-order valence-electron chi connectivity index (χ1n) is 7.39. The van der Waals surface area contributed by atoms with Gasteiger partial charge in [-0.1, -0.05) is 49.4 Å². The van der Waals surface area contributed by atoms with Gasteiger partial charge in [-0.15, -0.1) is 11.3 Å². The van der Waals surface area contributed by atoms with E-state index in [-0.39, 0.29) is 0 Å². The zero-order chi connectivity index (χ0) is 15.2. The Morgan fingerprint density at radius 1 is 1.19 bits per heavy atom. The Kier molecular flexibility index (Phi) is 5.40. The minimum Gasteiger partial charge on any atom is -0.347 e. The van der Waals surface area contributed by atoms with Gasteiger partial charge in [0.15, 0.2) is 0 Å². The maximum atomic E-state index is 3.93. The first kappa shape index (κ1) is 15.6. The normalized spacial score (nSPS) is 12.5. The van der Waals surface area contributed by atoms with Gasteiger partial charge >= 0.3 is 0 Å². The van der Waals surface area contributed by atoms with Gasteiger partial charge in [0.2, 0.25) is 0 Å². The smallest absolute Gasteiger partial charge is 0.0669 e. The molecule has 1 aromatic carbocycles. The zero-order valence-electron chi connectivity index (χ0n) is 13.0. The molecule has 2 aromatic rings. The van der Waals surface area contributed by atoms with Gasteiger partial charge in [-0.05, 0) is 50.4 Å². The van der Waals surface area contributed by atoms with E-state index in [0.29, 0.717) is 6.04 Å². The minimum absolute atomic E-state index is 0.364. The van der Waals surface area contributed by atoms with Crippen molar-refractivity contribution in [2.75, 3.05) is 0 Å². The molecule has 0 saturated carbocycles. The summed E-state index contributed by atoms with van der Waals surface area (Å²) in [6, 6.07) is 13.6. The Morgan fingerprint density at radius 2 is 1.90 bits per heavy atom. The van der Waals surface area contributed by atoms with Gasteiger partial charge in [-0.3, -0.25) is 0 Å². The fraction of sp³-hybridized carbons (Fsp3) is 0.263. The quantitative estimate of drug-likeness (QED) is 0.617. The van der Waals surface area contributed by atoms with Crippen molar-refractivity contribution < 1.29 is 0 Å². The maximum Gasteiger partial charge on any atom is 0.0669 e. The summed E-state index contributed by atoms with van der Waals surface area (Å²) in [5, 5.41) is 0. The summed E-state index contributed by atoms with van der Waals surface area (Å²) < 4.78 is 0. The summed E-state index contributed by atoms with van der Waals surface area (Å²) in [6.45, 7) is 10.3. The van der Waals surface area contributed by atoms with Crippen LogP contribution in [0.25, 0.3) is 10.4 Å². The van der Waals surface area contributed by atoms with Crippen molar-refractivity contribution in [3.05, 3.63) is 71.9 Å². The van der Waals surface area contributed by atoms with Crippen molar-refractivity contribution in [3.63, 3.8) is 0 Å². The van der Waals surface area contributed by atoms with Crippen LogP contribution >= 0.6 is 11.3 Å². The summed E-state index contributed by atoms with van der Waals surface area (Å²) in [5.74, 6) is 0. The van der Waals surface area contributed by atoms with Gasteiger partial charge in [0.1, 0.15) is 0 Å². The Hall–Kier alpha value is -1.80. The van der Waals surface area contributed by atoms with Crippen molar-refractivity contribution in [1.29, 1.82) is 0 Å². The molecule has 0 aliphatic rings. The van der Waals surface area contributed by atoms with Gasteiger partial charge in [0, 0.05) is 9.75 Å². The highest BCUT2D eigenvalue weighted by atomic mass is 32.1. The predicted molar refractivity (Wildman–Crippen MR) is 94.4 cm³/mol. The first-order chi connectivity index (χ1) is 10.2. The molecule has 2 heteroatoms. The number of benzene rings is 1. The monoisotopic (exact) mass is 297 g/mol. The van der Waals surface area contributed by atoms with Crippen molar-refractivity contribution in [2.45, 2.75) is 33.2 Å². The van der Waals surface area contributed by atoms with E-state index in [1.807, 2.05) is 24.5 Å². The minimum atomic E-state index is 0.364. The van der Waals surface area contributed by atoms with E-state index in [0.717, 1.165) is 6.42 Å². The SMILES string of the molecule is C=CN(/C=C\C)C(CC)c1ccc(-c2ccc(C)cc2)s1. The number of allylic oxidation sites excluding steroid dienone is 1. The predicted octanol–water partition coefficient (Wildman–Crippen LogP) is 6.15. The highest BCUT2D eigenvalue weighted by molar-refractivity contribution is 7.15. The van der Waals surface area contributed by atoms with Crippen LogP contribution in [0.5, 0.6) is 0 Å². The molecule has 21 heavy (non-hydrogen) atoms. The molecule has 1 heterocycles. The van der Waals surface area contributed by atoms with Crippen LogP contribution in [0.15, 0.2) is 61.5 Å². The molecule has 0 aliphatic carbocycles. The number of hydrogen-bond acceptors (Lipinski definition) is 2. The number of nitrogens with zero attached hydrogens (tertiary/aromatic N) is 1. The van der Waals surface area contributed by atoms with E-state index in [2.05, 4.69) is 74.0 Å². The second kappa shape index (κ2) is 7.28. The van der Waals surface area contributed by atoms with Gasteiger partial charge in [-0.25, -0.2) is 0 Å². The van der Waals surface area contributed by atoms with Crippen LogP contribution in [0.1, 0.15) is 36.8 Å². The van der Waals surface area contributed by atoms with E-state index in [1.54, 1.807) is 0 Å². The summed E-state index contributed by atoms with van der Waals surface area (Å²) in [6.07, 6.45) is 7.11. The van der Waals surface area contributed by atoms with Crippen LogP contribution < -0.4 is 0 Å². The van der Waals surface area contributed by atoms with Crippen molar-refractivity contribution >= 4 is 11.3 Å². The zero-order valence-corrected chi connectivity index (χ0v) is 13.9. The Bertz CT molecular complexity index is 607. The Morgan fingerprint density at radius 3 is 2.48 bits per heavy atom. The molecule has 0 saturated heterocycles. The van der Waals surface area contributed by atoms with E-state index in [1.165, 1.54) is 20.9 Å². The van der Waals surface area contributed by atoms with E-state index in [4.69, 9.17) is 0 Å². The standard InChI is InChI=1S/C19H23NS/c1-5-14-20(7-3)17(6-2)19-13-12-18(21-19)16-10-8-15(4)9-11-16/h5,7-14,17H,3,6H2,1-2,4H3/b14-5-. The highest BCUT2D eigenvalue weighted by Crippen LogP contribution is 2.35. The highest BCUT2D eigenvalue weighted by Gasteiger charge is 2.16. The summed E-state index contributed by atoms with van der Waals surface area (Å²) in [4.78, 5) is 4.89. The fourth-order valence-corrected chi connectivity index (χ4v) is 3.63. The molecule has 1 atom stereocenters. The van der Waals surface area contributed by atoms with Crippen LogP contribution in [0.3, 0.4) is 0 Å². The fourth-order valence-electron chi connectivity index (χ4n) is 2.43.